The van der Waals surface area contributed by atoms with Crippen LogP contribution in [0.5, 0.6) is 0 Å². The number of anilines is 2. The van der Waals surface area contributed by atoms with Gasteiger partial charge in [0.15, 0.2) is 18.7 Å². The van der Waals surface area contributed by atoms with Crippen LogP contribution in [-0.4, -0.2) is 82.0 Å². The molecule has 17 nitrogen and oxygen atoms in total. The minimum absolute atomic E-state index is 0.0239. The molecule has 0 aromatic carbocycles. The Morgan fingerprint density at radius 3 is 1.97 bits per heavy atom. The number of hydrogen-bond acceptors (Lipinski definition) is 15. The molecule has 0 bridgehead atoms. The highest BCUT2D eigenvalue weighted by Gasteiger charge is 2.38. The Hall–Kier alpha value is -2.57. The number of nitrogens with two attached hydrogens (primary N) is 2. The lowest BCUT2D eigenvalue weighted by molar-refractivity contribution is -0.318. The van der Waals surface area contributed by atoms with Crippen molar-refractivity contribution in [1.82, 2.24) is 19.1 Å². The van der Waals surface area contributed by atoms with Crippen molar-refractivity contribution in [2.45, 2.75) is 49.9 Å². The molecule has 9 N–H and O–H groups in total. The van der Waals surface area contributed by atoms with Gasteiger partial charge in [-0.1, -0.05) is 0 Å². The second kappa shape index (κ2) is 12.6. The number of nitrogens with zero attached hydrogens (tertiary/aromatic N) is 4. The number of aromatic nitrogens is 4. The molecule has 2 aliphatic rings. The first-order chi connectivity index (χ1) is 17.1. The summed E-state index contributed by atoms with van der Waals surface area (Å²) < 4.78 is 17.3. The molecule has 0 saturated carbocycles. The summed E-state index contributed by atoms with van der Waals surface area (Å²) >= 11 is 0. The van der Waals surface area contributed by atoms with Gasteiger partial charge in [0.05, 0.1) is 12.7 Å². The molecule has 2 aromatic rings. The lowest BCUT2D eigenvalue weighted by atomic mass is 10.2. The van der Waals surface area contributed by atoms with Crippen LogP contribution in [0.15, 0.2) is 34.1 Å². The molecular weight excluding hydrogens is 507 g/mol. The molecule has 2 fully saturated rings. The van der Waals surface area contributed by atoms with E-state index in [2.05, 4.69) is 14.6 Å². The van der Waals surface area contributed by atoms with E-state index >= 15 is 0 Å². The molecule has 7 atom stereocenters. The molecule has 4 heterocycles. The number of hydrogen-bond donors (Lipinski definition) is 7. The number of ether oxygens (including phenoxy) is 2. The van der Waals surface area contributed by atoms with E-state index in [4.69, 9.17) is 40.9 Å². The molecule has 36 heavy (non-hydrogen) atoms. The minimum Gasteiger partial charge on any atom is -0.394 e. The Kier molecular flexibility index (Phi) is 9.80. The van der Waals surface area contributed by atoms with Crippen molar-refractivity contribution in [2.24, 2.45) is 0 Å². The lowest BCUT2D eigenvalue weighted by Crippen LogP contribution is -2.31. The van der Waals surface area contributed by atoms with Crippen LogP contribution in [0.2, 0.25) is 0 Å². The predicted octanol–water partition coefficient (Wildman–Crippen LogP) is -2.90. The minimum atomic E-state index is -2.11. The van der Waals surface area contributed by atoms with Gasteiger partial charge in [0.1, 0.15) is 30.2 Å². The summed E-state index contributed by atoms with van der Waals surface area (Å²) in [6, 6.07) is 2.84. The van der Waals surface area contributed by atoms with E-state index in [0.29, 0.717) is 0 Å². The summed E-state index contributed by atoms with van der Waals surface area (Å²) in [6.07, 6.45) is -2.62. The van der Waals surface area contributed by atoms with Crippen molar-refractivity contribution in [1.29, 1.82) is 0 Å². The summed E-state index contributed by atoms with van der Waals surface area (Å²) in [4.78, 5) is 43.9. The molecule has 0 aliphatic carbocycles. The second-order valence-electron chi connectivity index (χ2n) is 7.64. The van der Waals surface area contributed by atoms with Gasteiger partial charge >= 0.3 is 11.4 Å². The molecule has 2 aromatic heterocycles. The van der Waals surface area contributed by atoms with Gasteiger partial charge < -0.3 is 46.3 Å². The van der Waals surface area contributed by atoms with Crippen LogP contribution in [0.3, 0.4) is 0 Å². The molecule has 0 radical (unpaired) electrons. The summed E-state index contributed by atoms with van der Waals surface area (Å²) in [5.41, 5.74) is 9.46. The van der Waals surface area contributed by atoms with Crippen LogP contribution in [0.4, 0.5) is 11.6 Å². The van der Waals surface area contributed by atoms with Crippen molar-refractivity contribution >= 4 is 20.0 Å². The Bertz CT molecular complexity index is 1120. The molecule has 3 unspecified atom stereocenters. The largest absolute Gasteiger partial charge is 0.394 e. The summed E-state index contributed by atoms with van der Waals surface area (Å²) in [7, 11) is -2.11. The maximum absolute atomic E-state index is 11.6. The van der Waals surface area contributed by atoms with E-state index < -0.39 is 63.2 Å². The molecule has 4 rings (SSSR count). The van der Waals surface area contributed by atoms with Gasteiger partial charge in [-0.3, -0.25) is 9.13 Å². The third-order valence-electron chi connectivity index (χ3n) is 5.03. The van der Waals surface area contributed by atoms with Crippen LogP contribution in [0.1, 0.15) is 25.3 Å². The molecule has 2 aliphatic heterocycles. The fourth-order valence-corrected chi connectivity index (χ4v) is 3.63. The zero-order chi connectivity index (χ0) is 26.4. The number of aliphatic hydroxyl groups excluding tert-OH is 4. The van der Waals surface area contributed by atoms with E-state index in [-0.39, 0.29) is 31.1 Å². The van der Waals surface area contributed by atoms with Gasteiger partial charge in [0.2, 0.25) is 8.38 Å². The highest BCUT2D eigenvalue weighted by Crippen LogP contribution is 2.34. The van der Waals surface area contributed by atoms with Crippen molar-refractivity contribution in [3.8, 4) is 0 Å². The average Bonchev–Trinajstić information content (AvgIpc) is 3.39. The first kappa shape index (κ1) is 28.0. The highest BCUT2D eigenvalue weighted by molar-refractivity contribution is 7.45. The number of rotatable bonds is 7. The van der Waals surface area contributed by atoms with E-state index in [9.17, 15) is 19.8 Å². The van der Waals surface area contributed by atoms with Gasteiger partial charge in [0, 0.05) is 25.2 Å². The van der Waals surface area contributed by atoms with Crippen molar-refractivity contribution < 1.29 is 44.4 Å². The Balaban J connectivity index is 0.000000205. The fourth-order valence-electron chi connectivity index (χ4n) is 3.39. The fraction of sp³-hybridized carbons (Fsp3) is 0.556. The van der Waals surface area contributed by atoms with Gasteiger partial charge in [0.25, 0.3) is 0 Å². The highest BCUT2D eigenvalue weighted by atomic mass is 31.2. The van der Waals surface area contributed by atoms with Crippen LogP contribution >= 0.6 is 8.38 Å². The van der Waals surface area contributed by atoms with Crippen molar-refractivity contribution in [3.63, 3.8) is 0 Å². The third kappa shape index (κ3) is 7.01. The Morgan fingerprint density at radius 2 is 1.50 bits per heavy atom. The van der Waals surface area contributed by atoms with Crippen LogP contribution in [0, 0.1) is 0 Å². The molecule has 0 spiro atoms. The Morgan fingerprint density at radius 1 is 0.972 bits per heavy atom. The SMILES string of the molecule is Nc1ccn([C@@H]2O[C@H](CO)CC2O)c(=O)n1.Nc1ccn([C@@H]2O[C@H](OOP(O)CO)CC2O)c(=O)n1. The van der Waals surface area contributed by atoms with Gasteiger partial charge in [-0.2, -0.15) is 19.5 Å². The summed E-state index contributed by atoms with van der Waals surface area (Å²) in [6.45, 7) is -0.190. The molecule has 18 heteroatoms. The predicted molar refractivity (Wildman–Crippen MR) is 120 cm³/mol. The van der Waals surface area contributed by atoms with Crippen molar-refractivity contribution in [2.75, 3.05) is 24.4 Å². The van der Waals surface area contributed by atoms with E-state index in [1.165, 1.54) is 24.5 Å². The van der Waals surface area contributed by atoms with E-state index in [0.717, 1.165) is 9.13 Å². The average molecular weight is 534 g/mol. The van der Waals surface area contributed by atoms with Gasteiger partial charge in [-0.05, 0) is 12.1 Å². The number of nitrogen functional groups attached to an aromatic ring is 2. The number of aliphatic hydroxyl groups is 4. The maximum Gasteiger partial charge on any atom is 0.351 e. The zero-order valence-corrected chi connectivity index (χ0v) is 19.6. The van der Waals surface area contributed by atoms with Crippen LogP contribution in [0.25, 0.3) is 0 Å². The first-order valence-electron chi connectivity index (χ1n) is 10.5. The van der Waals surface area contributed by atoms with Crippen LogP contribution in [-0.2, 0) is 19.0 Å². The topological polar surface area (TPSA) is 260 Å². The summed E-state index contributed by atoms with van der Waals surface area (Å²) in [5.74, 6) is 0.177. The molecule has 2 saturated heterocycles. The maximum atomic E-state index is 11.6. The summed E-state index contributed by atoms with van der Waals surface area (Å²) in [5, 5.41) is 37.0. The zero-order valence-electron chi connectivity index (χ0n) is 18.7. The van der Waals surface area contributed by atoms with Gasteiger partial charge in [-0.15, -0.1) is 0 Å². The van der Waals surface area contributed by atoms with E-state index in [1.54, 1.807) is 0 Å². The lowest BCUT2D eigenvalue weighted by Gasteiger charge is -2.17. The normalized spacial score (nSPS) is 28.5. The monoisotopic (exact) mass is 534 g/mol. The first-order valence-corrected chi connectivity index (χ1v) is 11.9. The molecule has 200 valence electrons. The third-order valence-corrected chi connectivity index (χ3v) is 5.53. The molecule has 0 amide bonds. The van der Waals surface area contributed by atoms with Crippen LogP contribution < -0.4 is 22.8 Å². The quantitative estimate of drug-likeness (QED) is 0.107. The molecular formula is C18H27N6O11P. The van der Waals surface area contributed by atoms with E-state index in [1.807, 2.05) is 0 Å². The standard InChI is InChI=1S/C9H14N3O7P.C9H13N3O4/c10-6-1-2-12(9(15)11-6)8-5(14)3-7(17-8)18-19-20(16)4-13;10-7-1-2-12(9(15)11-7)8-6(14)3-5(4-13)16-8/h1-2,5,7-8,13-14,16H,3-4H2,(H2,10,11,15);1-2,5-6,8,13-14H,3-4H2,(H2,10,11,15)/t5?,7-,8-,20?;5-,6?,8+/m10/s1. The Labute approximate surface area is 203 Å². The second-order valence-corrected chi connectivity index (χ2v) is 8.78. The van der Waals surface area contributed by atoms with Crippen molar-refractivity contribution in [3.05, 3.63) is 45.5 Å². The van der Waals surface area contributed by atoms with Gasteiger partial charge in [-0.25, -0.2) is 9.59 Å². The smallest absolute Gasteiger partial charge is 0.351 e.